The summed E-state index contributed by atoms with van der Waals surface area (Å²) < 4.78 is 47.1. The molecule has 1 aromatic heterocycles. The molecule has 2 fully saturated rings. The molecule has 2 aliphatic rings. The second-order valence-electron chi connectivity index (χ2n) is 9.13. The normalized spacial score (nSPS) is 33.4. The molecule has 33 heavy (non-hydrogen) atoms. The van der Waals surface area contributed by atoms with E-state index in [9.17, 15) is 4.79 Å². The standard InChI is InChI=1S/C24H38O9/c1-14-12-15(2)32-18(14)16(3)23-17(4)20(31-13-30-11-10-26-6)22(5,33-23)19(21(25)27-7)24(23,28-8)29-9/h12,16-17,19-20H,10-11,13H2,1-9H3/t16-,17+,19-,20+,22-,23-/m1/s1. The van der Waals surface area contributed by atoms with Crippen molar-refractivity contribution in [3.8, 4) is 0 Å². The van der Waals surface area contributed by atoms with Crippen LogP contribution in [0.2, 0.25) is 0 Å². The first-order valence-corrected chi connectivity index (χ1v) is 11.2. The third-order valence-corrected chi connectivity index (χ3v) is 7.50. The van der Waals surface area contributed by atoms with Crippen molar-refractivity contribution in [1.82, 2.24) is 0 Å². The Hall–Kier alpha value is -1.49. The molecule has 0 aliphatic carbocycles. The fourth-order valence-corrected chi connectivity index (χ4v) is 6.30. The fraction of sp³-hybridized carbons (Fsp3) is 0.792. The lowest BCUT2D eigenvalue weighted by atomic mass is 9.59. The van der Waals surface area contributed by atoms with Crippen LogP contribution in [0.15, 0.2) is 10.5 Å². The van der Waals surface area contributed by atoms with Gasteiger partial charge in [-0.3, -0.25) is 4.79 Å². The summed E-state index contributed by atoms with van der Waals surface area (Å²) in [5, 5.41) is 0. The summed E-state index contributed by atoms with van der Waals surface area (Å²) in [4.78, 5) is 13.2. The molecule has 9 heteroatoms. The Labute approximate surface area is 195 Å². The molecule has 0 unspecified atom stereocenters. The van der Waals surface area contributed by atoms with Crippen LogP contribution in [0.3, 0.4) is 0 Å². The van der Waals surface area contributed by atoms with Gasteiger partial charge in [-0.1, -0.05) is 13.8 Å². The van der Waals surface area contributed by atoms with Gasteiger partial charge in [-0.2, -0.15) is 0 Å². The number of aryl methyl sites for hydroxylation is 2. The Morgan fingerprint density at radius 1 is 1.15 bits per heavy atom. The number of fused-ring (bicyclic) bond motifs is 2. The zero-order valence-electron chi connectivity index (χ0n) is 21.2. The van der Waals surface area contributed by atoms with E-state index in [2.05, 4.69) is 0 Å². The molecule has 6 atom stereocenters. The van der Waals surface area contributed by atoms with Gasteiger partial charge >= 0.3 is 5.97 Å². The number of ether oxygens (including phenoxy) is 7. The van der Waals surface area contributed by atoms with Crippen molar-refractivity contribution in [3.05, 3.63) is 23.2 Å². The van der Waals surface area contributed by atoms with Crippen molar-refractivity contribution in [3.63, 3.8) is 0 Å². The van der Waals surface area contributed by atoms with Crippen LogP contribution < -0.4 is 0 Å². The molecule has 188 valence electrons. The maximum Gasteiger partial charge on any atom is 0.317 e. The highest BCUT2D eigenvalue weighted by atomic mass is 16.7. The summed E-state index contributed by atoms with van der Waals surface area (Å²) in [5.41, 5.74) is -1.23. The average molecular weight is 471 g/mol. The minimum Gasteiger partial charge on any atom is -0.469 e. The van der Waals surface area contributed by atoms with Crippen LogP contribution in [0.25, 0.3) is 0 Å². The van der Waals surface area contributed by atoms with Crippen LogP contribution >= 0.6 is 0 Å². The number of methoxy groups -OCH3 is 4. The average Bonchev–Trinajstić information content (AvgIpc) is 3.34. The van der Waals surface area contributed by atoms with Crippen LogP contribution in [-0.2, 0) is 38.0 Å². The highest BCUT2D eigenvalue weighted by Crippen LogP contribution is 2.68. The topological polar surface area (TPSA) is 94.8 Å². The molecule has 1 aromatic rings. The zero-order valence-corrected chi connectivity index (χ0v) is 21.2. The van der Waals surface area contributed by atoms with Crippen molar-refractivity contribution in [1.29, 1.82) is 0 Å². The van der Waals surface area contributed by atoms with Crippen LogP contribution in [0.4, 0.5) is 0 Å². The van der Waals surface area contributed by atoms with Gasteiger partial charge in [0.25, 0.3) is 0 Å². The number of hydrogen-bond acceptors (Lipinski definition) is 9. The van der Waals surface area contributed by atoms with Gasteiger partial charge in [-0.05, 0) is 32.4 Å². The lowest BCUT2D eigenvalue weighted by molar-refractivity contribution is -0.311. The summed E-state index contributed by atoms with van der Waals surface area (Å²) in [6.45, 7) is 10.6. The second kappa shape index (κ2) is 9.64. The Morgan fingerprint density at radius 2 is 1.82 bits per heavy atom. The second-order valence-corrected chi connectivity index (χ2v) is 9.13. The minimum absolute atomic E-state index is 0.0293. The molecule has 3 rings (SSSR count). The zero-order chi connectivity index (χ0) is 24.6. The summed E-state index contributed by atoms with van der Waals surface area (Å²) in [5.74, 6) is -1.89. The quantitative estimate of drug-likeness (QED) is 0.275. The lowest BCUT2D eigenvalue weighted by Gasteiger charge is -2.52. The predicted octanol–water partition coefficient (Wildman–Crippen LogP) is 2.96. The summed E-state index contributed by atoms with van der Waals surface area (Å²) in [6, 6.07) is 1.98. The van der Waals surface area contributed by atoms with Crippen molar-refractivity contribution in [2.24, 2.45) is 11.8 Å². The van der Waals surface area contributed by atoms with Crippen molar-refractivity contribution < 1.29 is 42.4 Å². The number of carbonyl (C=O) groups is 1. The first-order chi connectivity index (χ1) is 15.6. The Bertz CT molecular complexity index is 832. The van der Waals surface area contributed by atoms with E-state index in [1.165, 1.54) is 21.3 Å². The maximum atomic E-state index is 13.2. The van der Waals surface area contributed by atoms with Gasteiger partial charge in [-0.15, -0.1) is 0 Å². The van der Waals surface area contributed by atoms with E-state index in [0.29, 0.717) is 13.2 Å². The molecule has 0 spiro atoms. The predicted molar refractivity (Wildman–Crippen MR) is 118 cm³/mol. The van der Waals surface area contributed by atoms with Gasteiger partial charge in [0.05, 0.1) is 26.4 Å². The molecule has 0 saturated carbocycles. The van der Waals surface area contributed by atoms with Crippen molar-refractivity contribution in [2.75, 3.05) is 48.4 Å². The molecule has 0 aromatic carbocycles. The molecule has 3 heterocycles. The van der Waals surface area contributed by atoms with Crippen LogP contribution in [-0.4, -0.2) is 77.5 Å². The van der Waals surface area contributed by atoms with E-state index in [-0.39, 0.29) is 18.6 Å². The Morgan fingerprint density at radius 3 is 2.33 bits per heavy atom. The molecule has 9 nitrogen and oxygen atoms in total. The van der Waals surface area contributed by atoms with Crippen molar-refractivity contribution >= 4 is 5.97 Å². The van der Waals surface area contributed by atoms with E-state index in [1.807, 2.05) is 40.7 Å². The van der Waals surface area contributed by atoms with Crippen molar-refractivity contribution in [2.45, 2.75) is 63.6 Å². The minimum atomic E-state index is -1.43. The number of esters is 1. The first kappa shape index (κ1) is 26.1. The van der Waals surface area contributed by atoms with E-state index in [4.69, 9.17) is 37.6 Å². The highest BCUT2D eigenvalue weighted by Gasteiger charge is 2.85. The molecule has 0 amide bonds. The molecular weight excluding hydrogens is 432 g/mol. The van der Waals surface area contributed by atoms with Gasteiger partial charge in [0.1, 0.15) is 35.4 Å². The van der Waals surface area contributed by atoms with Crippen LogP contribution in [0.1, 0.15) is 43.8 Å². The van der Waals surface area contributed by atoms with E-state index < -0.39 is 35.0 Å². The van der Waals surface area contributed by atoms with Gasteiger partial charge in [0, 0.05) is 33.2 Å². The first-order valence-electron chi connectivity index (χ1n) is 11.2. The number of carbonyl (C=O) groups excluding carboxylic acids is 1. The Balaban J connectivity index is 2.11. The molecular formula is C24H38O9. The van der Waals surface area contributed by atoms with Crippen LogP contribution in [0, 0.1) is 25.7 Å². The summed E-state index contributed by atoms with van der Waals surface area (Å²) >= 11 is 0. The third-order valence-electron chi connectivity index (χ3n) is 7.50. The number of furan rings is 1. The number of rotatable bonds is 11. The van der Waals surface area contributed by atoms with E-state index >= 15 is 0 Å². The monoisotopic (exact) mass is 470 g/mol. The molecule has 0 radical (unpaired) electrons. The third kappa shape index (κ3) is 3.64. The number of hydrogen-bond donors (Lipinski definition) is 0. The summed E-state index contributed by atoms with van der Waals surface area (Å²) in [6.07, 6.45) is -0.499. The largest absolute Gasteiger partial charge is 0.469 e. The van der Waals surface area contributed by atoms with Gasteiger partial charge in [0.15, 0.2) is 0 Å². The van der Waals surface area contributed by atoms with E-state index in [0.717, 1.165) is 17.1 Å². The van der Waals surface area contributed by atoms with Gasteiger partial charge < -0.3 is 37.6 Å². The molecule has 2 saturated heterocycles. The Kier molecular flexibility index (Phi) is 7.63. The smallest absolute Gasteiger partial charge is 0.317 e. The molecule has 2 bridgehead atoms. The van der Waals surface area contributed by atoms with E-state index in [1.54, 1.807) is 7.11 Å². The fourth-order valence-electron chi connectivity index (χ4n) is 6.30. The van der Waals surface area contributed by atoms with Crippen LogP contribution in [0.5, 0.6) is 0 Å². The highest BCUT2D eigenvalue weighted by molar-refractivity contribution is 5.77. The maximum absolute atomic E-state index is 13.2. The SMILES string of the molecule is COCCOCO[C@H]1[C@H](C)[C@@]2([C@H](C)c3oc(C)cc3C)O[C@]1(C)[C@@H](C(=O)OC)C2(OC)OC. The summed E-state index contributed by atoms with van der Waals surface area (Å²) in [7, 11) is 6.00. The van der Waals surface area contributed by atoms with Gasteiger partial charge in [0.2, 0.25) is 5.79 Å². The molecule has 2 aliphatic heterocycles. The molecule has 0 N–H and O–H groups in total. The lowest BCUT2D eigenvalue weighted by Crippen LogP contribution is -2.70. The van der Waals surface area contributed by atoms with Gasteiger partial charge in [-0.25, -0.2) is 0 Å².